The van der Waals surface area contributed by atoms with Crippen molar-refractivity contribution in [1.82, 2.24) is 5.32 Å². The maximum absolute atomic E-state index is 13.3. The van der Waals surface area contributed by atoms with Crippen molar-refractivity contribution in [1.29, 1.82) is 0 Å². The molecule has 4 nitrogen and oxygen atoms in total. The van der Waals surface area contributed by atoms with Crippen LogP contribution in [0.2, 0.25) is 0 Å². The van der Waals surface area contributed by atoms with Gasteiger partial charge in [-0.2, -0.15) is 0 Å². The first-order chi connectivity index (χ1) is 15.8. The predicted octanol–water partition coefficient (Wildman–Crippen LogP) is 4.26. The van der Waals surface area contributed by atoms with Crippen molar-refractivity contribution in [2.75, 3.05) is 6.61 Å². The number of carbonyl (C=O) groups is 2. The van der Waals surface area contributed by atoms with Gasteiger partial charge in [0.1, 0.15) is 17.5 Å². The van der Waals surface area contributed by atoms with Crippen LogP contribution in [0.25, 0.3) is 0 Å². The van der Waals surface area contributed by atoms with Crippen LogP contribution in [0.15, 0.2) is 72.8 Å². The largest absolute Gasteiger partial charge is 0.396 e. The Hall–Kier alpha value is -3.45. The minimum absolute atomic E-state index is 0.0244. The molecule has 0 spiro atoms. The minimum Gasteiger partial charge on any atom is -0.396 e. The van der Waals surface area contributed by atoms with Crippen LogP contribution in [-0.4, -0.2) is 29.4 Å². The lowest BCUT2D eigenvalue weighted by Gasteiger charge is -2.21. The summed E-state index contributed by atoms with van der Waals surface area (Å²) in [6, 6.07) is 15.4. The molecule has 33 heavy (non-hydrogen) atoms. The van der Waals surface area contributed by atoms with Crippen LogP contribution in [0.1, 0.15) is 27.9 Å². The number of carbonyl (C=O) groups excluding carboxylic acids is 2. The van der Waals surface area contributed by atoms with Crippen LogP contribution >= 0.6 is 0 Å². The topological polar surface area (TPSA) is 66.4 Å². The molecule has 0 fully saturated rings. The Kier molecular flexibility index (Phi) is 8.38. The first kappa shape index (κ1) is 24.2. The highest BCUT2D eigenvalue weighted by atomic mass is 19.1. The molecule has 0 bridgehead atoms. The summed E-state index contributed by atoms with van der Waals surface area (Å²) < 4.78 is 39.6. The molecular formula is C26H24F3NO3. The van der Waals surface area contributed by atoms with Gasteiger partial charge in [-0.3, -0.25) is 9.59 Å². The van der Waals surface area contributed by atoms with Crippen LogP contribution in [0, 0.1) is 23.4 Å². The number of halogens is 3. The van der Waals surface area contributed by atoms with Gasteiger partial charge in [-0.1, -0.05) is 24.3 Å². The summed E-state index contributed by atoms with van der Waals surface area (Å²) >= 11 is 0. The Bertz CT molecular complexity index is 1070. The van der Waals surface area contributed by atoms with Crippen molar-refractivity contribution < 1.29 is 27.9 Å². The third kappa shape index (κ3) is 7.29. The number of benzene rings is 3. The van der Waals surface area contributed by atoms with Crippen molar-refractivity contribution in [3.05, 3.63) is 107 Å². The van der Waals surface area contributed by atoms with E-state index in [0.717, 1.165) is 17.7 Å². The van der Waals surface area contributed by atoms with Gasteiger partial charge >= 0.3 is 0 Å². The second kappa shape index (κ2) is 11.4. The average Bonchev–Trinajstić information content (AvgIpc) is 2.81. The zero-order valence-corrected chi connectivity index (χ0v) is 17.8. The number of hydrogen-bond donors (Lipinski definition) is 2. The van der Waals surface area contributed by atoms with E-state index < -0.39 is 29.5 Å². The van der Waals surface area contributed by atoms with E-state index in [-0.39, 0.29) is 36.6 Å². The quantitative estimate of drug-likeness (QED) is 0.480. The minimum atomic E-state index is -0.935. The molecule has 0 unspecified atom stereocenters. The van der Waals surface area contributed by atoms with Gasteiger partial charge in [-0.25, -0.2) is 13.2 Å². The molecule has 0 saturated carbocycles. The molecule has 2 N–H and O–H groups in total. The normalized spacial score (nSPS) is 12.7. The lowest BCUT2D eigenvalue weighted by molar-refractivity contribution is -0.122. The van der Waals surface area contributed by atoms with Gasteiger partial charge in [-0.05, 0) is 78.4 Å². The highest BCUT2D eigenvalue weighted by Crippen LogP contribution is 2.16. The van der Waals surface area contributed by atoms with Gasteiger partial charge in [0.2, 0.25) is 0 Å². The van der Waals surface area contributed by atoms with Gasteiger partial charge in [-0.15, -0.1) is 0 Å². The molecule has 0 heterocycles. The van der Waals surface area contributed by atoms with Gasteiger partial charge < -0.3 is 10.4 Å². The fourth-order valence-electron chi connectivity index (χ4n) is 3.53. The highest BCUT2D eigenvalue weighted by Gasteiger charge is 2.25. The second-order valence-corrected chi connectivity index (χ2v) is 7.91. The van der Waals surface area contributed by atoms with E-state index in [1.165, 1.54) is 48.5 Å². The monoisotopic (exact) mass is 455 g/mol. The Morgan fingerprint density at radius 3 is 1.67 bits per heavy atom. The predicted molar refractivity (Wildman–Crippen MR) is 118 cm³/mol. The van der Waals surface area contributed by atoms with E-state index in [9.17, 15) is 27.9 Å². The Labute approximate surface area is 190 Å². The first-order valence-electron chi connectivity index (χ1n) is 10.5. The van der Waals surface area contributed by atoms with E-state index in [4.69, 9.17) is 0 Å². The van der Waals surface area contributed by atoms with E-state index >= 15 is 0 Å². The van der Waals surface area contributed by atoms with Crippen LogP contribution < -0.4 is 5.32 Å². The van der Waals surface area contributed by atoms with Crippen molar-refractivity contribution in [3.8, 4) is 0 Å². The summed E-state index contributed by atoms with van der Waals surface area (Å²) in [4.78, 5) is 25.8. The third-order valence-corrected chi connectivity index (χ3v) is 5.34. The fraction of sp³-hybridized carbons (Fsp3) is 0.231. The fourth-order valence-corrected chi connectivity index (χ4v) is 3.53. The van der Waals surface area contributed by atoms with Crippen molar-refractivity contribution >= 4 is 11.7 Å². The molecule has 0 aliphatic rings. The number of nitrogens with one attached hydrogen (secondary N) is 1. The van der Waals surface area contributed by atoms with E-state index in [0.29, 0.717) is 12.0 Å². The number of aliphatic hydroxyl groups is 1. The van der Waals surface area contributed by atoms with Crippen molar-refractivity contribution in [3.63, 3.8) is 0 Å². The summed E-state index contributed by atoms with van der Waals surface area (Å²) in [6.45, 7) is -0.266. The van der Waals surface area contributed by atoms with E-state index in [1.807, 2.05) is 0 Å². The lowest BCUT2D eigenvalue weighted by Crippen LogP contribution is -2.43. The maximum atomic E-state index is 13.3. The number of ketones is 1. The van der Waals surface area contributed by atoms with Crippen LogP contribution in [-0.2, 0) is 17.6 Å². The summed E-state index contributed by atoms with van der Waals surface area (Å²) in [5.41, 5.74) is 1.61. The van der Waals surface area contributed by atoms with E-state index in [2.05, 4.69) is 5.32 Å². The Morgan fingerprint density at radius 2 is 1.18 bits per heavy atom. The molecule has 3 aromatic carbocycles. The zero-order valence-electron chi connectivity index (χ0n) is 17.8. The molecule has 0 aliphatic heterocycles. The number of rotatable bonds is 10. The van der Waals surface area contributed by atoms with Gasteiger partial charge in [0, 0.05) is 18.6 Å². The smallest absolute Gasteiger partial charge is 0.251 e. The Morgan fingerprint density at radius 1 is 0.727 bits per heavy atom. The SMILES string of the molecule is O=C(N[C@@H](Cc1ccc(F)cc1)C(=O)C[C@H](CO)Cc1ccc(F)cc1)c1ccc(F)cc1. The number of hydrogen-bond acceptors (Lipinski definition) is 3. The molecule has 3 aromatic rings. The van der Waals surface area contributed by atoms with Crippen molar-refractivity contribution in [2.45, 2.75) is 25.3 Å². The van der Waals surface area contributed by atoms with Gasteiger partial charge in [0.15, 0.2) is 5.78 Å². The third-order valence-electron chi connectivity index (χ3n) is 5.34. The molecule has 3 rings (SSSR count). The summed E-state index contributed by atoms with van der Waals surface area (Å²) in [5, 5.41) is 12.5. The van der Waals surface area contributed by atoms with Crippen molar-refractivity contribution in [2.24, 2.45) is 5.92 Å². The van der Waals surface area contributed by atoms with Crippen LogP contribution in [0.4, 0.5) is 13.2 Å². The van der Waals surface area contributed by atoms with Crippen LogP contribution in [0.3, 0.4) is 0 Å². The summed E-state index contributed by atoms with van der Waals surface area (Å²) in [5.74, 6) is -2.57. The lowest BCUT2D eigenvalue weighted by atomic mass is 9.90. The van der Waals surface area contributed by atoms with E-state index in [1.54, 1.807) is 12.1 Å². The number of aliphatic hydroxyl groups excluding tert-OH is 1. The molecular weight excluding hydrogens is 431 g/mol. The molecule has 1 amide bonds. The summed E-state index contributed by atoms with van der Waals surface area (Å²) in [7, 11) is 0. The highest BCUT2D eigenvalue weighted by molar-refractivity contribution is 5.98. The molecule has 0 aromatic heterocycles. The number of amides is 1. The second-order valence-electron chi connectivity index (χ2n) is 7.91. The molecule has 172 valence electrons. The summed E-state index contributed by atoms with van der Waals surface area (Å²) in [6.07, 6.45) is 0.460. The molecule has 0 radical (unpaired) electrons. The van der Waals surface area contributed by atoms with Crippen LogP contribution in [0.5, 0.6) is 0 Å². The van der Waals surface area contributed by atoms with Gasteiger partial charge in [0.25, 0.3) is 5.91 Å². The van der Waals surface area contributed by atoms with Gasteiger partial charge in [0.05, 0.1) is 6.04 Å². The number of Topliss-reactive ketones (excluding diaryl/α,β-unsaturated/α-hetero) is 1. The molecule has 0 aliphatic carbocycles. The molecule has 7 heteroatoms. The average molecular weight is 455 g/mol. The Balaban J connectivity index is 1.74. The standard InChI is InChI=1S/C26H24F3NO3/c27-21-7-1-17(2-8-21)13-19(16-31)15-25(32)24(14-18-3-9-22(28)10-4-18)30-26(33)20-5-11-23(29)12-6-20/h1-12,19,24,31H,13-16H2,(H,30,33)/t19-,24+/m1/s1. The zero-order chi connectivity index (χ0) is 23.8. The molecule has 2 atom stereocenters. The maximum Gasteiger partial charge on any atom is 0.251 e. The molecule has 0 saturated heterocycles. The first-order valence-corrected chi connectivity index (χ1v) is 10.5.